The molecule has 1 aliphatic rings. The van der Waals surface area contributed by atoms with Gasteiger partial charge in [-0.25, -0.2) is 13.2 Å². The van der Waals surface area contributed by atoms with Crippen LogP contribution in [0.5, 0.6) is 11.5 Å². The second-order valence-corrected chi connectivity index (χ2v) is 7.29. The molecule has 0 spiro atoms. The molecule has 0 amide bonds. The minimum absolute atomic E-state index is 0.0689. The van der Waals surface area contributed by atoms with Crippen LogP contribution < -0.4 is 19.9 Å². The molecule has 0 aliphatic carbocycles. The van der Waals surface area contributed by atoms with Gasteiger partial charge in [0.25, 0.3) is 10.0 Å². The van der Waals surface area contributed by atoms with Crippen LogP contribution >= 0.6 is 0 Å². The molecule has 0 bridgehead atoms. The number of anilines is 1. The monoisotopic (exact) mass is 361 g/mol. The SMILES string of the molecule is O=c1[nH]c2ccc(NS(=O)(=O)c3ccc4c(c3)OCCCO4)cc2[nH]1. The molecule has 130 valence electrons. The molecule has 8 nitrogen and oxygen atoms in total. The van der Waals surface area contributed by atoms with Gasteiger partial charge in [0, 0.05) is 12.5 Å². The van der Waals surface area contributed by atoms with Crippen LogP contribution in [0.25, 0.3) is 11.0 Å². The van der Waals surface area contributed by atoms with E-state index >= 15 is 0 Å². The Morgan fingerprint density at radius 1 is 0.920 bits per heavy atom. The maximum atomic E-state index is 12.6. The number of nitrogens with one attached hydrogen (secondary N) is 3. The van der Waals surface area contributed by atoms with Gasteiger partial charge in [-0.15, -0.1) is 0 Å². The first kappa shape index (κ1) is 15.6. The third kappa shape index (κ3) is 3.05. The Balaban J connectivity index is 1.66. The predicted molar refractivity (Wildman–Crippen MR) is 91.8 cm³/mol. The predicted octanol–water partition coefficient (Wildman–Crippen LogP) is 1.82. The highest BCUT2D eigenvalue weighted by Crippen LogP contribution is 2.32. The number of aromatic amines is 2. The van der Waals surface area contributed by atoms with E-state index in [1.807, 2.05) is 0 Å². The molecular weight excluding hydrogens is 346 g/mol. The lowest BCUT2D eigenvalue weighted by molar-refractivity contribution is 0.297. The minimum Gasteiger partial charge on any atom is -0.490 e. The van der Waals surface area contributed by atoms with Gasteiger partial charge in [-0.3, -0.25) is 4.72 Å². The average molecular weight is 361 g/mol. The highest BCUT2D eigenvalue weighted by Gasteiger charge is 2.19. The lowest BCUT2D eigenvalue weighted by Crippen LogP contribution is -2.13. The summed E-state index contributed by atoms with van der Waals surface area (Å²) in [5.41, 5.74) is 1.11. The van der Waals surface area contributed by atoms with Crippen LogP contribution in [0.3, 0.4) is 0 Å². The van der Waals surface area contributed by atoms with Crippen molar-refractivity contribution in [3.8, 4) is 11.5 Å². The number of H-pyrrole nitrogens is 2. The number of imidazole rings is 1. The van der Waals surface area contributed by atoms with E-state index in [1.54, 1.807) is 24.3 Å². The summed E-state index contributed by atoms with van der Waals surface area (Å²) in [6.07, 6.45) is 0.740. The standard InChI is InChI=1S/C16H15N3O5S/c20-16-17-12-4-2-10(8-13(12)18-16)19-25(21,22)11-3-5-14-15(9-11)24-7-1-6-23-14/h2-5,8-9,19H,1,6-7H2,(H2,17,18,20). The molecule has 0 unspecified atom stereocenters. The van der Waals surface area contributed by atoms with Crippen LogP contribution in [0.4, 0.5) is 5.69 Å². The summed E-state index contributed by atoms with van der Waals surface area (Å²) < 4.78 is 38.8. The molecule has 25 heavy (non-hydrogen) atoms. The lowest BCUT2D eigenvalue weighted by Gasteiger charge is -2.11. The highest BCUT2D eigenvalue weighted by atomic mass is 32.2. The Morgan fingerprint density at radius 3 is 2.52 bits per heavy atom. The lowest BCUT2D eigenvalue weighted by atomic mass is 10.3. The van der Waals surface area contributed by atoms with Crippen molar-refractivity contribution in [2.24, 2.45) is 0 Å². The molecule has 0 saturated heterocycles. The van der Waals surface area contributed by atoms with Gasteiger partial charge in [0.2, 0.25) is 0 Å². The van der Waals surface area contributed by atoms with Crippen molar-refractivity contribution < 1.29 is 17.9 Å². The summed E-state index contributed by atoms with van der Waals surface area (Å²) in [5, 5.41) is 0. The molecule has 0 fully saturated rings. The zero-order chi connectivity index (χ0) is 17.4. The van der Waals surface area contributed by atoms with E-state index in [9.17, 15) is 13.2 Å². The van der Waals surface area contributed by atoms with Gasteiger partial charge in [-0.05, 0) is 30.3 Å². The fourth-order valence-corrected chi connectivity index (χ4v) is 3.69. The maximum absolute atomic E-state index is 12.6. The van der Waals surface area contributed by atoms with E-state index in [1.165, 1.54) is 12.1 Å². The number of sulfonamides is 1. The normalized spacial score (nSPS) is 14.2. The van der Waals surface area contributed by atoms with E-state index in [0.717, 1.165) is 6.42 Å². The minimum atomic E-state index is -3.81. The number of benzene rings is 2. The molecule has 2 heterocycles. The Kier molecular flexibility index (Phi) is 3.65. The topological polar surface area (TPSA) is 113 Å². The van der Waals surface area contributed by atoms with Gasteiger partial charge in [-0.2, -0.15) is 0 Å². The number of hydrogen-bond donors (Lipinski definition) is 3. The van der Waals surface area contributed by atoms with Crippen LogP contribution in [0.1, 0.15) is 6.42 Å². The Bertz CT molecular complexity index is 1100. The fraction of sp³-hybridized carbons (Fsp3) is 0.188. The number of ether oxygens (including phenoxy) is 2. The van der Waals surface area contributed by atoms with Crippen molar-refractivity contribution in [2.45, 2.75) is 11.3 Å². The second kappa shape index (κ2) is 5.85. The quantitative estimate of drug-likeness (QED) is 0.658. The largest absolute Gasteiger partial charge is 0.490 e. The van der Waals surface area contributed by atoms with Gasteiger partial charge in [0.15, 0.2) is 11.5 Å². The molecule has 0 saturated carbocycles. The molecule has 4 rings (SSSR count). The van der Waals surface area contributed by atoms with Crippen molar-refractivity contribution in [3.05, 3.63) is 46.9 Å². The van der Waals surface area contributed by atoms with E-state index in [0.29, 0.717) is 41.4 Å². The Hall–Kier alpha value is -2.94. The average Bonchev–Trinajstić information content (AvgIpc) is 2.79. The molecular formula is C16H15N3O5S. The van der Waals surface area contributed by atoms with Crippen LogP contribution in [0.15, 0.2) is 46.1 Å². The molecule has 0 atom stereocenters. The van der Waals surface area contributed by atoms with Crippen molar-refractivity contribution >= 4 is 26.7 Å². The molecule has 1 aliphatic heterocycles. The van der Waals surface area contributed by atoms with E-state index in [-0.39, 0.29) is 10.6 Å². The van der Waals surface area contributed by atoms with Crippen molar-refractivity contribution in [2.75, 3.05) is 17.9 Å². The first-order valence-corrected chi connectivity index (χ1v) is 9.14. The number of rotatable bonds is 3. The van der Waals surface area contributed by atoms with E-state index < -0.39 is 10.0 Å². The summed E-state index contributed by atoms with van der Waals surface area (Å²) in [6, 6.07) is 9.24. The zero-order valence-electron chi connectivity index (χ0n) is 13.0. The molecule has 9 heteroatoms. The number of hydrogen-bond acceptors (Lipinski definition) is 5. The van der Waals surface area contributed by atoms with Crippen molar-refractivity contribution in [1.82, 2.24) is 9.97 Å². The summed E-state index contributed by atoms with van der Waals surface area (Å²) in [4.78, 5) is 16.6. The highest BCUT2D eigenvalue weighted by molar-refractivity contribution is 7.92. The number of aromatic nitrogens is 2. The first-order valence-electron chi connectivity index (χ1n) is 7.66. The van der Waals surface area contributed by atoms with Gasteiger partial charge >= 0.3 is 5.69 Å². The third-order valence-electron chi connectivity index (χ3n) is 3.80. The Morgan fingerprint density at radius 2 is 1.68 bits per heavy atom. The van der Waals surface area contributed by atoms with Crippen LogP contribution in [-0.2, 0) is 10.0 Å². The summed E-state index contributed by atoms with van der Waals surface area (Å²) >= 11 is 0. The summed E-state index contributed by atoms with van der Waals surface area (Å²) in [5.74, 6) is 0.938. The van der Waals surface area contributed by atoms with Gasteiger partial charge in [0.05, 0.1) is 34.8 Å². The van der Waals surface area contributed by atoms with Crippen molar-refractivity contribution in [1.29, 1.82) is 0 Å². The van der Waals surface area contributed by atoms with Gasteiger partial charge < -0.3 is 19.4 Å². The summed E-state index contributed by atoms with van der Waals surface area (Å²) in [6.45, 7) is 1.01. The second-order valence-electron chi connectivity index (χ2n) is 5.60. The molecule has 2 aromatic carbocycles. The van der Waals surface area contributed by atoms with Crippen molar-refractivity contribution in [3.63, 3.8) is 0 Å². The van der Waals surface area contributed by atoms with Crippen LogP contribution in [-0.4, -0.2) is 31.6 Å². The Labute approximate surface area is 142 Å². The number of fused-ring (bicyclic) bond motifs is 2. The van der Waals surface area contributed by atoms with Crippen LogP contribution in [0.2, 0.25) is 0 Å². The van der Waals surface area contributed by atoms with E-state index in [2.05, 4.69) is 14.7 Å². The molecule has 3 N–H and O–H groups in total. The third-order valence-corrected chi connectivity index (χ3v) is 5.18. The van der Waals surface area contributed by atoms with Gasteiger partial charge in [-0.1, -0.05) is 0 Å². The van der Waals surface area contributed by atoms with Gasteiger partial charge in [0.1, 0.15) is 0 Å². The smallest absolute Gasteiger partial charge is 0.323 e. The molecule has 0 radical (unpaired) electrons. The van der Waals surface area contributed by atoms with E-state index in [4.69, 9.17) is 9.47 Å². The first-order chi connectivity index (χ1) is 12.0. The molecule has 1 aromatic heterocycles. The fourth-order valence-electron chi connectivity index (χ4n) is 2.62. The summed E-state index contributed by atoms with van der Waals surface area (Å²) in [7, 11) is -3.81. The molecule has 3 aromatic rings. The van der Waals surface area contributed by atoms with Crippen LogP contribution in [0, 0.1) is 0 Å². The maximum Gasteiger partial charge on any atom is 0.323 e. The zero-order valence-corrected chi connectivity index (χ0v) is 13.9.